The number of carbonyl (C=O) groups excluding carboxylic acids is 1. The second-order valence-electron chi connectivity index (χ2n) is 3.89. The molecule has 1 unspecified atom stereocenters. The lowest BCUT2D eigenvalue weighted by atomic mass is 10.0. The zero-order valence-corrected chi connectivity index (χ0v) is 10.8. The Morgan fingerprint density at radius 2 is 2.19 bits per heavy atom. The first-order valence-electron chi connectivity index (χ1n) is 5.77. The molecule has 0 aliphatic heterocycles. The molecule has 0 aromatic rings. The molecule has 0 bridgehead atoms. The number of esters is 1. The Morgan fingerprint density at radius 1 is 1.56 bits per heavy atom. The Morgan fingerprint density at radius 3 is 2.62 bits per heavy atom. The van der Waals surface area contributed by atoms with Gasteiger partial charge in [0.25, 0.3) is 0 Å². The second kappa shape index (κ2) is 7.97. The summed E-state index contributed by atoms with van der Waals surface area (Å²) in [7, 11) is 1.37. The van der Waals surface area contributed by atoms with Gasteiger partial charge in [-0.05, 0) is 19.3 Å². The van der Waals surface area contributed by atoms with Crippen molar-refractivity contribution in [1.82, 2.24) is 5.32 Å². The lowest BCUT2D eigenvalue weighted by molar-refractivity contribution is -0.136. The Balaban J connectivity index is 4.26. The van der Waals surface area contributed by atoms with Crippen molar-refractivity contribution in [3.05, 3.63) is 24.0 Å². The van der Waals surface area contributed by atoms with Gasteiger partial charge in [-0.25, -0.2) is 4.79 Å². The van der Waals surface area contributed by atoms with Crippen molar-refractivity contribution < 1.29 is 9.53 Å². The molecule has 0 amide bonds. The van der Waals surface area contributed by atoms with E-state index in [2.05, 4.69) is 30.5 Å². The minimum Gasteiger partial charge on any atom is -0.464 e. The minimum atomic E-state index is -0.355. The van der Waals surface area contributed by atoms with Crippen LogP contribution in [-0.4, -0.2) is 13.1 Å². The summed E-state index contributed by atoms with van der Waals surface area (Å²) in [5, 5.41) is 3.02. The first-order valence-corrected chi connectivity index (χ1v) is 5.77. The molecular weight excluding hydrogens is 202 g/mol. The van der Waals surface area contributed by atoms with Crippen molar-refractivity contribution in [3.63, 3.8) is 0 Å². The molecule has 0 aliphatic carbocycles. The van der Waals surface area contributed by atoms with Crippen LogP contribution in [0.3, 0.4) is 0 Å². The Hall–Kier alpha value is -1.25. The van der Waals surface area contributed by atoms with Gasteiger partial charge in [-0.2, -0.15) is 0 Å². The SMILES string of the molecule is C=C(N/C(=C\C)C(=O)OC)C(C)CCCC. The van der Waals surface area contributed by atoms with E-state index < -0.39 is 0 Å². The van der Waals surface area contributed by atoms with Crippen LogP contribution in [0.15, 0.2) is 24.0 Å². The summed E-state index contributed by atoms with van der Waals surface area (Å²) in [6.45, 7) is 10.0. The molecule has 3 heteroatoms. The first-order chi connectivity index (χ1) is 7.56. The van der Waals surface area contributed by atoms with Crippen molar-refractivity contribution in [2.45, 2.75) is 40.0 Å². The van der Waals surface area contributed by atoms with Gasteiger partial charge in [0, 0.05) is 5.70 Å². The van der Waals surface area contributed by atoms with Crippen LogP contribution < -0.4 is 5.32 Å². The maximum Gasteiger partial charge on any atom is 0.354 e. The van der Waals surface area contributed by atoms with Crippen molar-refractivity contribution >= 4 is 5.97 Å². The van der Waals surface area contributed by atoms with Gasteiger partial charge >= 0.3 is 5.97 Å². The van der Waals surface area contributed by atoms with Crippen molar-refractivity contribution in [2.75, 3.05) is 7.11 Å². The van der Waals surface area contributed by atoms with Crippen LogP contribution in [0.1, 0.15) is 40.0 Å². The summed E-state index contributed by atoms with van der Waals surface area (Å²) in [6.07, 6.45) is 5.13. The smallest absolute Gasteiger partial charge is 0.354 e. The molecule has 1 N–H and O–H groups in total. The predicted molar refractivity (Wildman–Crippen MR) is 66.7 cm³/mol. The van der Waals surface area contributed by atoms with E-state index in [4.69, 9.17) is 0 Å². The van der Waals surface area contributed by atoms with E-state index in [0.29, 0.717) is 11.6 Å². The van der Waals surface area contributed by atoms with Gasteiger partial charge in [0.05, 0.1) is 7.11 Å². The molecule has 0 fully saturated rings. The van der Waals surface area contributed by atoms with E-state index >= 15 is 0 Å². The van der Waals surface area contributed by atoms with Gasteiger partial charge in [-0.3, -0.25) is 0 Å². The highest BCUT2D eigenvalue weighted by Gasteiger charge is 2.12. The molecule has 0 saturated heterocycles. The molecule has 3 nitrogen and oxygen atoms in total. The van der Waals surface area contributed by atoms with Crippen LogP contribution >= 0.6 is 0 Å². The summed E-state index contributed by atoms with van der Waals surface area (Å²) in [5.41, 5.74) is 1.32. The fourth-order valence-corrected chi connectivity index (χ4v) is 1.33. The predicted octanol–water partition coefficient (Wildman–Crippen LogP) is 2.99. The molecule has 0 radical (unpaired) electrons. The van der Waals surface area contributed by atoms with Gasteiger partial charge in [-0.1, -0.05) is 39.3 Å². The zero-order valence-electron chi connectivity index (χ0n) is 10.8. The third kappa shape index (κ3) is 5.01. The molecule has 0 aromatic carbocycles. The van der Waals surface area contributed by atoms with Crippen LogP contribution in [0.5, 0.6) is 0 Å². The molecule has 92 valence electrons. The number of unbranched alkanes of at least 4 members (excludes halogenated alkanes) is 1. The van der Waals surface area contributed by atoms with Crippen molar-refractivity contribution in [1.29, 1.82) is 0 Å². The van der Waals surface area contributed by atoms with E-state index in [9.17, 15) is 4.79 Å². The Kier molecular flexibility index (Phi) is 7.34. The molecule has 0 spiro atoms. The van der Waals surface area contributed by atoms with Crippen molar-refractivity contribution in [2.24, 2.45) is 5.92 Å². The lowest BCUT2D eigenvalue weighted by Crippen LogP contribution is -2.23. The monoisotopic (exact) mass is 225 g/mol. The van der Waals surface area contributed by atoms with E-state index in [0.717, 1.165) is 12.1 Å². The molecule has 16 heavy (non-hydrogen) atoms. The maximum atomic E-state index is 11.3. The number of hydrogen-bond donors (Lipinski definition) is 1. The highest BCUT2D eigenvalue weighted by molar-refractivity contribution is 5.87. The number of carbonyl (C=O) groups is 1. The summed E-state index contributed by atoms with van der Waals surface area (Å²) >= 11 is 0. The molecular formula is C13H23NO2. The summed E-state index contributed by atoms with van der Waals surface area (Å²) < 4.78 is 4.65. The van der Waals surface area contributed by atoms with E-state index in [1.54, 1.807) is 13.0 Å². The number of allylic oxidation sites excluding steroid dienone is 2. The fourth-order valence-electron chi connectivity index (χ4n) is 1.33. The number of rotatable bonds is 7. The minimum absolute atomic E-state index is 0.355. The number of nitrogens with one attached hydrogen (secondary N) is 1. The molecule has 0 rings (SSSR count). The van der Waals surface area contributed by atoms with Crippen LogP contribution in [0.4, 0.5) is 0 Å². The number of methoxy groups -OCH3 is 1. The van der Waals surface area contributed by atoms with Gasteiger partial charge in [0.15, 0.2) is 0 Å². The van der Waals surface area contributed by atoms with Crippen LogP contribution in [0.25, 0.3) is 0 Å². The second-order valence-corrected chi connectivity index (χ2v) is 3.89. The van der Waals surface area contributed by atoms with E-state index in [-0.39, 0.29) is 5.97 Å². The van der Waals surface area contributed by atoms with Gasteiger partial charge < -0.3 is 10.1 Å². The fraction of sp³-hybridized carbons (Fsp3) is 0.615. The highest BCUT2D eigenvalue weighted by Crippen LogP contribution is 2.15. The topological polar surface area (TPSA) is 38.3 Å². The Labute approximate surface area is 98.6 Å². The average molecular weight is 225 g/mol. The number of hydrogen-bond acceptors (Lipinski definition) is 3. The first kappa shape index (κ1) is 14.8. The largest absolute Gasteiger partial charge is 0.464 e. The lowest BCUT2D eigenvalue weighted by Gasteiger charge is -2.17. The standard InChI is InChI=1S/C13H23NO2/c1-6-8-9-10(3)11(4)14-12(7-2)13(15)16-5/h7,10,14H,4,6,8-9H2,1-3,5H3/b12-7-. The summed E-state index contributed by atoms with van der Waals surface area (Å²) in [4.78, 5) is 11.3. The number of ether oxygens (including phenoxy) is 1. The Bertz CT molecular complexity index is 269. The third-order valence-electron chi connectivity index (χ3n) is 2.57. The third-order valence-corrected chi connectivity index (χ3v) is 2.57. The molecule has 0 aliphatic rings. The molecule has 0 aromatic heterocycles. The van der Waals surface area contributed by atoms with Crippen molar-refractivity contribution in [3.8, 4) is 0 Å². The van der Waals surface area contributed by atoms with Crippen LogP contribution in [-0.2, 0) is 9.53 Å². The quantitative estimate of drug-likeness (QED) is 0.534. The molecule has 0 heterocycles. The van der Waals surface area contributed by atoms with E-state index in [1.807, 2.05) is 0 Å². The zero-order chi connectivity index (χ0) is 12.6. The molecule has 1 atom stereocenters. The highest BCUT2D eigenvalue weighted by atomic mass is 16.5. The average Bonchev–Trinajstić information content (AvgIpc) is 2.31. The van der Waals surface area contributed by atoms with Gasteiger partial charge in [-0.15, -0.1) is 0 Å². The normalized spacial score (nSPS) is 13.1. The summed E-state index contributed by atoms with van der Waals surface area (Å²) in [5.74, 6) is 0.00546. The van der Waals surface area contributed by atoms with Gasteiger partial charge in [0.2, 0.25) is 0 Å². The van der Waals surface area contributed by atoms with Crippen LogP contribution in [0, 0.1) is 5.92 Å². The molecule has 0 saturated carbocycles. The van der Waals surface area contributed by atoms with Crippen LogP contribution in [0.2, 0.25) is 0 Å². The van der Waals surface area contributed by atoms with E-state index in [1.165, 1.54) is 20.0 Å². The summed E-state index contributed by atoms with van der Waals surface area (Å²) in [6, 6.07) is 0. The maximum absolute atomic E-state index is 11.3. The van der Waals surface area contributed by atoms with Gasteiger partial charge in [0.1, 0.15) is 5.70 Å².